The second-order valence-electron chi connectivity index (χ2n) is 13.7. The van der Waals surface area contributed by atoms with Crippen molar-refractivity contribution in [1.29, 1.82) is 0 Å². The van der Waals surface area contributed by atoms with E-state index in [0.717, 1.165) is 72.6 Å². The molecular weight excluding hydrogens is 661 g/mol. The SMILES string of the molecule is c1ccc(-c2nc(-c3ccccc3)nc(-c3ccc4c(c3)C3(c5ccccc5O4)c4ccccc4-c4c(-c5ccccc5)nc5ccccc5c43)n2)cc1. The van der Waals surface area contributed by atoms with Gasteiger partial charge in [0.05, 0.1) is 16.6 Å². The molecule has 0 fully saturated rings. The van der Waals surface area contributed by atoms with E-state index >= 15 is 0 Å². The molecule has 0 bridgehead atoms. The highest BCUT2D eigenvalue weighted by molar-refractivity contribution is 6.04. The molecule has 9 aromatic rings. The first-order valence-corrected chi connectivity index (χ1v) is 18.1. The Morgan fingerprint density at radius 3 is 1.63 bits per heavy atom. The van der Waals surface area contributed by atoms with Crippen LogP contribution in [0.2, 0.25) is 0 Å². The maximum absolute atomic E-state index is 6.83. The van der Waals surface area contributed by atoms with Crippen molar-refractivity contribution in [3.63, 3.8) is 0 Å². The second-order valence-corrected chi connectivity index (χ2v) is 13.7. The van der Waals surface area contributed by atoms with E-state index in [0.29, 0.717) is 17.5 Å². The Hall–Kier alpha value is -7.24. The number of benzene rings is 7. The molecule has 0 saturated carbocycles. The molecule has 5 heteroatoms. The molecule has 1 unspecified atom stereocenters. The summed E-state index contributed by atoms with van der Waals surface area (Å²) in [5, 5.41) is 1.11. The van der Waals surface area contributed by atoms with Crippen molar-refractivity contribution in [3.8, 4) is 68.0 Å². The van der Waals surface area contributed by atoms with Crippen LogP contribution in [-0.4, -0.2) is 19.9 Å². The fraction of sp³-hybridized carbons (Fsp3) is 0.0204. The maximum atomic E-state index is 6.83. The Bertz CT molecular complexity index is 2850. The summed E-state index contributed by atoms with van der Waals surface area (Å²) in [7, 11) is 0. The monoisotopic (exact) mass is 690 g/mol. The lowest BCUT2D eigenvalue weighted by molar-refractivity contribution is 0.437. The van der Waals surface area contributed by atoms with Crippen LogP contribution in [0.3, 0.4) is 0 Å². The number of hydrogen-bond donors (Lipinski definition) is 0. The van der Waals surface area contributed by atoms with Gasteiger partial charge in [-0.05, 0) is 47.0 Å². The summed E-state index contributed by atoms with van der Waals surface area (Å²) in [6, 6.07) is 63.0. The van der Waals surface area contributed by atoms with E-state index in [-0.39, 0.29) is 0 Å². The molecule has 11 rings (SSSR count). The van der Waals surface area contributed by atoms with Gasteiger partial charge in [0.15, 0.2) is 17.5 Å². The van der Waals surface area contributed by atoms with E-state index in [2.05, 4.69) is 121 Å². The highest BCUT2D eigenvalue weighted by Gasteiger charge is 2.53. The highest BCUT2D eigenvalue weighted by Crippen LogP contribution is 2.64. The zero-order valence-electron chi connectivity index (χ0n) is 29.0. The molecule has 0 saturated heterocycles. The number of rotatable bonds is 4. The van der Waals surface area contributed by atoms with E-state index in [9.17, 15) is 0 Å². The minimum atomic E-state index is -0.740. The zero-order chi connectivity index (χ0) is 35.6. The molecule has 0 radical (unpaired) electrons. The lowest BCUT2D eigenvalue weighted by atomic mass is 9.65. The van der Waals surface area contributed by atoms with Gasteiger partial charge in [-0.3, -0.25) is 0 Å². The Morgan fingerprint density at radius 1 is 0.389 bits per heavy atom. The number of para-hydroxylation sites is 2. The fourth-order valence-electron chi connectivity index (χ4n) is 8.51. The van der Waals surface area contributed by atoms with Gasteiger partial charge in [-0.2, -0.15) is 0 Å². The van der Waals surface area contributed by atoms with Gasteiger partial charge in [-0.1, -0.05) is 152 Å². The van der Waals surface area contributed by atoms with Gasteiger partial charge in [0.2, 0.25) is 0 Å². The van der Waals surface area contributed by atoms with Crippen molar-refractivity contribution in [2.75, 3.05) is 0 Å². The molecule has 0 amide bonds. The fourth-order valence-corrected chi connectivity index (χ4v) is 8.51. The molecule has 1 atom stereocenters. The minimum Gasteiger partial charge on any atom is -0.457 e. The normalized spacial score (nSPS) is 14.9. The van der Waals surface area contributed by atoms with Crippen LogP contribution in [-0.2, 0) is 5.41 Å². The van der Waals surface area contributed by atoms with Crippen LogP contribution < -0.4 is 4.74 Å². The van der Waals surface area contributed by atoms with E-state index in [1.54, 1.807) is 0 Å². The quantitative estimate of drug-likeness (QED) is 0.184. The number of hydrogen-bond acceptors (Lipinski definition) is 5. The highest BCUT2D eigenvalue weighted by atomic mass is 16.5. The van der Waals surface area contributed by atoms with Crippen molar-refractivity contribution >= 4 is 10.9 Å². The summed E-state index contributed by atoms with van der Waals surface area (Å²) < 4.78 is 6.83. The summed E-state index contributed by atoms with van der Waals surface area (Å²) in [5.41, 5.74) is 11.8. The molecule has 5 nitrogen and oxygen atoms in total. The van der Waals surface area contributed by atoms with Gasteiger partial charge < -0.3 is 4.74 Å². The van der Waals surface area contributed by atoms with E-state index < -0.39 is 5.41 Å². The number of pyridine rings is 1. The van der Waals surface area contributed by atoms with Gasteiger partial charge in [-0.25, -0.2) is 19.9 Å². The molecule has 1 aliphatic heterocycles. The van der Waals surface area contributed by atoms with Gasteiger partial charge in [0.1, 0.15) is 11.5 Å². The van der Waals surface area contributed by atoms with Crippen LogP contribution in [0.4, 0.5) is 0 Å². The molecule has 2 aliphatic rings. The van der Waals surface area contributed by atoms with Crippen LogP contribution in [0.25, 0.3) is 67.5 Å². The lowest BCUT2D eigenvalue weighted by Crippen LogP contribution is -2.32. The number of ether oxygens (including phenoxy) is 1. The predicted octanol–water partition coefficient (Wildman–Crippen LogP) is 11.6. The second kappa shape index (κ2) is 11.9. The summed E-state index contributed by atoms with van der Waals surface area (Å²) >= 11 is 0. The third-order valence-electron chi connectivity index (χ3n) is 10.8. The summed E-state index contributed by atoms with van der Waals surface area (Å²) in [4.78, 5) is 20.6. The molecule has 1 spiro atoms. The van der Waals surface area contributed by atoms with Crippen LogP contribution in [0.1, 0.15) is 22.3 Å². The summed E-state index contributed by atoms with van der Waals surface area (Å²) in [6.45, 7) is 0. The third-order valence-corrected chi connectivity index (χ3v) is 10.8. The molecule has 3 heterocycles. The van der Waals surface area contributed by atoms with Gasteiger partial charge in [0, 0.05) is 44.3 Å². The molecule has 0 N–H and O–H groups in total. The maximum Gasteiger partial charge on any atom is 0.164 e. The predicted molar refractivity (Wildman–Crippen MR) is 214 cm³/mol. The summed E-state index contributed by atoms with van der Waals surface area (Å²) in [6.07, 6.45) is 0. The Labute approximate surface area is 312 Å². The molecule has 252 valence electrons. The largest absolute Gasteiger partial charge is 0.457 e. The molecule has 2 aromatic heterocycles. The smallest absolute Gasteiger partial charge is 0.164 e. The van der Waals surface area contributed by atoms with Gasteiger partial charge >= 0.3 is 0 Å². The van der Waals surface area contributed by atoms with Crippen molar-refractivity contribution < 1.29 is 4.74 Å². The molecule has 7 aromatic carbocycles. The first-order valence-electron chi connectivity index (χ1n) is 18.1. The van der Waals surface area contributed by atoms with Crippen molar-refractivity contribution in [1.82, 2.24) is 19.9 Å². The topological polar surface area (TPSA) is 60.8 Å². The third kappa shape index (κ3) is 4.45. The first-order chi connectivity index (χ1) is 26.8. The Morgan fingerprint density at radius 2 is 0.926 bits per heavy atom. The molecule has 1 aliphatic carbocycles. The van der Waals surface area contributed by atoms with Crippen LogP contribution >= 0.6 is 0 Å². The van der Waals surface area contributed by atoms with Crippen molar-refractivity contribution in [3.05, 3.63) is 204 Å². The Balaban J connectivity index is 1.25. The molecule has 54 heavy (non-hydrogen) atoms. The zero-order valence-corrected chi connectivity index (χ0v) is 29.0. The van der Waals surface area contributed by atoms with E-state index in [4.69, 9.17) is 24.7 Å². The van der Waals surface area contributed by atoms with Gasteiger partial charge in [-0.15, -0.1) is 0 Å². The first kappa shape index (κ1) is 30.4. The van der Waals surface area contributed by atoms with Crippen LogP contribution in [0.5, 0.6) is 11.5 Å². The number of nitrogens with zero attached hydrogens (tertiary/aromatic N) is 4. The molecular formula is C49H30N4O. The van der Waals surface area contributed by atoms with Crippen molar-refractivity contribution in [2.45, 2.75) is 5.41 Å². The minimum absolute atomic E-state index is 0.593. The standard InChI is InChI=1S/C49H30N4O/c1-4-16-31(17-5-1)45-43-35-22-10-12-24-37(35)49(44(43)36-23-11-14-26-40(36)50-45)38-25-13-15-27-41(38)54-42-29-28-34(30-39(42)49)48-52-46(32-18-6-2-7-19-32)51-47(53-48)33-20-8-3-9-21-33/h1-30H. The average molecular weight is 691 g/mol. The van der Waals surface area contributed by atoms with Crippen LogP contribution in [0, 0.1) is 0 Å². The van der Waals surface area contributed by atoms with Crippen molar-refractivity contribution in [2.24, 2.45) is 0 Å². The number of aromatic nitrogens is 4. The van der Waals surface area contributed by atoms with E-state index in [1.807, 2.05) is 60.7 Å². The summed E-state index contributed by atoms with van der Waals surface area (Å²) in [5.74, 6) is 3.46. The Kier molecular flexibility index (Phi) is 6.70. The average Bonchev–Trinajstić information content (AvgIpc) is 3.56. The van der Waals surface area contributed by atoms with E-state index in [1.165, 1.54) is 11.1 Å². The van der Waals surface area contributed by atoms with Crippen LogP contribution in [0.15, 0.2) is 182 Å². The lowest BCUT2D eigenvalue weighted by Gasteiger charge is -2.40. The van der Waals surface area contributed by atoms with Gasteiger partial charge in [0.25, 0.3) is 0 Å². The number of fused-ring (bicyclic) bond motifs is 11.